The number of hydrogen-bond acceptors (Lipinski definition) is 4. The molecule has 0 saturated heterocycles. The number of nitrogens with one attached hydrogen (secondary N) is 1. The van der Waals surface area contributed by atoms with Crippen LogP contribution >= 0.6 is 0 Å². The number of H-pyrrole nitrogens is 1. The minimum absolute atomic E-state index is 0.0744. The first-order valence-electron chi connectivity index (χ1n) is 6.82. The van der Waals surface area contributed by atoms with E-state index >= 15 is 0 Å². The summed E-state index contributed by atoms with van der Waals surface area (Å²) in [5.74, 6) is 2.00. The van der Waals surface area contributed by atoms with Gasteiger partial charge in [0.25, 0.3) is 0 Å². The molecule has 0 unspecified atom stereocenters. The molecule has 19 heavy (non-hydrogen) atoms. The van der Waals surface area contributed by atoms with Crippen LogP contribution in [0.3, 0.4) is 0 Å². The van der Waals surface area contributed by atoms with E-state index in [2.05, 4.69) is 15.1 Å². The van der Waals surface area contributed by atoms with Gasteiger partial charge in [0.15, 0.2) is 5.82 Å². The molecule has 2 heterocycles. The van der Waals surface area contributed by atoms with E-state index < -0.39 is 0 Å². The minimum Gasteiger partial charge on any atom is -0.339 e. The zero-order valence-electron chi connectivity index (χ0n) is 10.8. The van der Waals surface area contributed by atoms with Crippen LogP contribution in [0.2, 0.25) is 0 Å². The number of aryl methyl sites for hydroxylation is 2. The molecule has 0 amide bonds. The Morgan fingerprint density at radius 1 is 1.26 bits per heavy atom. The van der Waals surface area contributed by atoms with E-state index in [9.17, 15) is 4.79 Å². The third-order valence-electron chi connectivity index (χ3n) is 3.64. The maximum Gasteiger partial charge on any atom is 0.248 e. The predicted molar refractivity (Wildman–Crippen MR) is 70.0 cm³/mol. The summed E-state index contributed by atoms with van der Waals surface area (Å²) in [6, 6.07) is 5.16. The van der Waals surface area contributed by atoms with E-state index in [0.29, 0.717) is 24.7 Å². The Morgan fingerprint density at radius 2 is 2.11 bits per heavy atom. The molecule has 0 spiro atoms. The van der Waals surface area contributed by atoms with Crippen LogP contribution in [0.25, 0.3) is 0 Å². The van der Waals surface area contributed by atoms with Crippen molar-refractivity contribution in [2.45, 2.75) is 44.4 Å². The summed E-state index contributed by atoms with van der Waals surface area (Å²) in [7, 11) is 0. The van der Waals surface area contributed by atoms with Crippen LogP contribution in [-0.4, -0.2) is 15.1 Å². The molecule has 5 heteroatoms. The van der Waals surface area contributed by atoms with Crippen molar-refractivity contribution in [3.8, 4) is 0 Å². The molecule has 0 radical (unpaired) electrons. The second-order valence-corrected chi connectivity index (χ2v) is 5.07. The second kappa shape index (κ2) is 5.38. The topological polar surface area (TPSA) is 71.8 Å². The van der Waals surface area contributed by atoms with Crippen LogP contribution in [0.4, 0.5) is 0 Å². The molecular weight excluding hydrogens is 242 g/mol. The molecule has 1 aliphatic carbocycles. The Morgan fingerprint density at radius 3 is 2.89 bits per heavy atom. The summed E-state index contributed by atoms with van der Waals surface area (Å²) < 4.78 is 5.28. The third kappa shape index (κ3) is 2.92. The van der Waals surface area contributed by atoms with Crippen LogP contribution in [0, 0.1) is 0 Å². The molecule has 0 aromatic carbocycles. The molecule has 2 aromatic rings. The highest BCUT2D eigenvalue weighted by Crippen LogP contribution is 2.32. The van der Waals surface area contributed by atoms with Crippen LogP contribution < -0.4 is 5.56 Å². The quantitative estimate of drug-likeness (QED) is 0.913. The zero-order chi connectivity index (χ0) is 13.1. The van der Waals surface area contributed by atoms with Crippen LogP contribution in [0.5, 0.6) is 0 Å². The third-order valence-corrected chi connectivity index (χ3v) is 3.64. The van der Waals surface area contributed by atoms with Gasteiger partial charge in [-0.15, -0.1) is 0 Å². The number of hydrogen-bond donors (Lipinski definition) is 1. The van der Waals surface area contributed by atoms with Crippen LogP contribution in [-0.2, 0) is 12.8 Å². The number of aromatic amines is 1. The molecular formula is C14H17N3O2. The maximum absolute atomic E-state index is 11.2. The van der Waals surface area contributed by atoms with E-state index in [1.54, 1.807) is 6.07 Å². The lowest BCUT2D eigenvalue weighted by Gasteiger charge is -1.99. The molecule has 5 nitrogen and oxygen atoms in total. The van der Waals surface area contributed by atoms with Gasteiger partial charge in [0.05, 0.1) is 0 Å². The SMILES string of the molecule is O=c1cccc(CCc2nc(C3CCCC3)no2)[nH]1. The summed E-state index contributed by atoms with van der Waals surface area (Å²) in [5, 5.41) is 4.07. The van der Waals surface area contributed by atoms with Gasteiger partial charge < -0.3 is 9.51 Å². The first-order chi connectivity index (χ1) is 9.31. The average Bonchev–Trinajstić information content (AvgIpc) is 3.07. The lowest BCUT2D eigenvalue weighted by Crippen LogP contribution is -2.07. The fourth-order valence-corrected chi connectivity index (χ4v) is 2.60. The van der Waals surface area contributed by atoms with Crippen molar-refractivity contribution in [1.29, 1.82) is 0 Å². The molecule has 2 aromatic heterocycles. The molecule has 1 N–H and O–H groups in total. The molecule has 0 aliphatic heterocycles. The Kier molecular flexibility index (Phi) is 3.44. The lowest BCUT2D eigenvalue weighted by atomic mass is 10.1. The fourth-order valence-electron chi connectivity index (χ4n) is 2.60. The molecule has 0 bridgehead atoms. The van der Waals surface area contributed by atoms with E-state index in [1.165, 1.54) is 31.7 Å². The number of nitrogens with zero attached hydrogens (tertiary/aromatic N) is 2. The first kappa shape index (κ1) is 12.1. The summed E-state index contributed by atoms with van der Waals surface area (Å²) in [6.07, 6.45) is 6.25. The number of aromatic nitrogens is 3. The molecule has 0 atom stereocenters. The molecule has 1 aliphatic rings. The largest absolute Gasteiger partial charge is 0.339 e. The van der Waals surface area contributed by atoms with E-state index in [4.69, 9.17) is 4.52 Å². The standard InChI is InChI=1S/C14H17N3O2/c18-12-7-3-6-11(15-12)8-9-13-16-14(17-19-13)10-4-1-2-5-10/h3,6-7,10H,1-2,4-5,8-9H2,(H,15,18). The summed E-state index contributed by atoms with van der Waals surface area (Å²) in [5.41, 5.74) is 0.822. The summed E-state index contributed by atoms with van der Waals surface area (Å²) >= 11 is 0. The normalized spacial score (nSPS) is 16.0. The van der Waals surface area contributed by atoms with Crippen molar-refractivity contribution in [3.05, 3.63) is 46.0 Å². The van der Waals surface area contributed by atoms with Gasteiger partial charge >= 0.3 is 0 Å². The first-order valence-corrected chi connectivity index (χ1v) is 6.82. The molecule has 1 fully saturated rings. The van der Waals surface area contributed by atoms with Crippen LogP contribution in [0.1, 0.15) is 49.0 Å². The minimum atomic E-state index is -0.0744. The van der Waals surface area contributed by atoms with Crippen molar-refractivity contribution in [3.63, 3.8) is 0 Å². The zero-order valence-corrected chi connectivity index (χ0v) is 10.8. The monoisotopic (exact) mass is 259 g/mol. The highest BCUT2D eigenvalue weighted by Gasteiger charge is 2.22. The van der Waals surface area contributed by atoms with E-state index in [0.717, 1.165) is 11.5 Å². The van der Waals surface area contributed by atoms with E-state index in [-0.39, 0.29) is 5.56 Å². The van der Waals surface area contributed by atoms with Gasteiger partial charge in [-0.3, -0.25) is 4.79 Å². The fraction of sp³-hybridized carbons (Fsp3) is 0.500. The van der Waals surface area contributed by atoms with Gasteiger partial charge in [-0.25, -0.2) is 0 Å². The van der Waals surface area contributed by atoms with Crippen LogP contribution in [0.15, 0.2) is 27.5 Å². The number of pyridine rings is 1. The maximum atomic E-state index is 11.2. The van der Waals surface area contributed by atoms with Gasteiger partial charge in [0, 0.05) is 24.1 Å². The van der Waals surface area contributed by atoms with Gasteiger partial charge in [0.1, 0.15) is 0 Å². The van der Waals surface area contributed by atoms with E-state index in [1.807, 2.05) is 6.07 Å². The highest BCUT2D eigenvalue weighted by molar-refractivity contribution is 5.05. The lowest BCUT2D eigenvalue weighted by molar-refractivity contribution is 0.369. The van der Waals surface area contributed by atoms with Crippen molar-refractivity contribution < 1.29 is 4.52 Å². The Bertz CT molecular complexity index is 596. The second-order valence-electron chi connectivity index (χ2n) is 5.07. The average molecular weight is 259 g/mol. The Hall–Kier alpha value is -1.91. The summed E-state index contributed by atoms with van der Waals surface area (Å²) in [4.78, 5) is 18.4. The van der Waals surface area contributed by atoms with Gasteiger partial charge in [-0.05, 0) is 25.3 Å². The van der Waals surface area contributed by atoms with Crippen molar-refractivity contribution in [1.82, 2.24) is 15.1 Å². The van der Waals surface area contributed by atoms with Crippen molar-refractivity contribution in [2.24, 2.45) is 0 Å². The Labute approximate surface area is 111 Å². The van der Waals surface area contributed by atoms with Gasteiger partial charge in [-0.1, -0.05) is 24.1 Å². The highest BCUT2D eigenvalue weighted by atomic mass is 16.5. The summed E-state index contributed by atoms with van der Waals surface area (Å²) in [6.45, 7) is 0. The van der Waals surface area contributed by atoms with Crippen molar-refractivity contribution in [2.75, 3.05) is 0 Å². The predicted octanol–water partition coefficient (Wildman–Crippen LogP) is 2.20. The molecule has 100 valence electrons. The van der Waals surface area contributed by atoms with Gasteiger partial charge in [0.2, 0.25) is 11.4 Å². The molecule has 1 saturated carbocycles. The molecule has 3 rings (SSSR count). The Balaban J connectivity index is 1.62. The smallest absolute Gasteiger partial charge is 0.248 e. The van der Waals surface area contributed by atoms with Gasteiger partial charge in [-0.2, -0.15) is 4.98 Å². The van der Waals surface area contributed by atoms with Crippen molar-refractivity contribution >= 4 is 0 Å². The number of rotatable bonds is 4.